The molecule has 3 aromatic rings. The van der Waals surface area contributed by atoms with Crippen LogP contribution in [0.5, 0.6) is 0 Å². The number of nitrogens with one attached hydrogen (secondary N) is 2. The van der Waals surface area contributed by atoms with E-state index in [9.17, 15) is 9.59 Å². The highest BCUT2D eigenvalue weighted by Gasteiger charge is 2.16. The topological polar surface area (TPSA) is 85.2 Å². The molecular weight excluding hydrogens is 368 g/mol. The highest BCUT2D eigenvalue weighted by molar-refractivity contribution is 5.96. The zero-order valence-corrected chi connectivity index (χ0v) is 16.7. The molecule has 2 amide bonds. The summed E-state index contributed by atoms with van der Waals surface area (Å²) in [4.78, 5) is 24.4. The van der Waals surface area contributed by atoms with Crippen molar-refractivity contribution in [3.63, 3.8) is 0 Å². The van der Waals surface area contributed by atoms with E-state index in [0.29, 0.717) is 17.8 Å². The first-order valence-corrected chi connectivity index (χ1v) is 9.27. The largest absolute Gasteiger partial charge is 0.444 e. The predicted molar refractivity (Wildman–Crippen MR) is 111 cm³/mol. The second-order valence-electron chi connectivity index (χ2n) is 7.52. The number of para-hydroxylation sites is 1. The summed E-state index contributed by atoms with van der Waals surface area (Å²) in [7, 11) is 0. The molecule has 1 aromatic heterocycles. The van der Waals surface area contributed by atoms with E-state index in [-0.39, 0.29) is 5.91 Å². The van der Waals surface area contributed by atoms with Gasteiger partial charge in [0.1, 0.15) is 5.60 Å². The van der Waals surface area contributed by atoms with Gasteiger partial charge in [-0.1, -0.05) is 24.3 Å². The molecule has 29 heavy (non-hydrogen) atoms. The third-order valence-corrected chi connectivity index (χ3v) is 3.88. The number of carbonyl (C=O) groups is 2. The molecule has 0 aliphatic carbocycles. The molecule has 0 aliphatic rings. The molecule has 0 saturated carbocycles. The minimum atomic E-state index is -0.594. The normalized spacial score (nSPS) is 11.0. The Morgan fingerprint density at radius 2 is 1.83 bits per heavy atom. The van der Waals surface area contributed by atoms with Gasteiger partial charge in [-0.05, 0) is 51.1 Å². The summed E-state index contributed by atoms with van der Waals surface area (Å²) in [5.41, 5.74) is 2.16. The summed E-state index contributed by atoms with van der Waals surface area (Å²) >= 11 is 0. The van der Waals surface area contributed by atoms with Crippen LogP contribution < -0.4 is 10.6 Å². The van der Waals surface area contributed by atoms with Crippen LogP contribution in [0.3, 0.4) is 0 Å². The van der Waals surface area contributed by atoms with Crippen LogP contribution in [0.4, 0.5) is 10.5 Å². The summed E-state index contributed by atoms with van der Waals surface area (Å²) in [6.07, 6.45) is 3.02. The van der Waals surface area contributed by atoms with E-state index < -0.39 is 11.7 Å². The van der Waals surface area contributed by atoms with E-state index >= 15 is 0 Å². The van der Waals surface area contributed by atoms with E-state index in [4.69, 9.17) is 4.74 Å². The number of hydrogen-bond donors (Lipinski definition) is 2. The Balaban J connectivity index is 1.59. The first kappa shape index (κ1) is 20.1. The van der Waals surface area contributed by atoms with E-state index in [1.165, 1.54) is 0 Å². The average Bonchev–Trinajstić information content (AvgIpc) is 3.14. The van der Waals surface area contributed by atoms with E-state index in [1.54, 1.807) is 55.9 Å². The van der Waals surface area contributed by atoms with Gasteiger partial charge in [0, 0.05) is 29.6 Å². The van der Waals surface area contributed by atoms with Gasteiger partial charge in [-0.2, -0.15) is 5.10 Å². The minimum absolute atomic E-state index is 0.245. The van der Waals surface area contributed by atoms with Crippen LogP contribution in [0, 0.1) is 0 Å². The van der Waals surface area contributed by atoms with Crippen LogP contribution in [0.25, 0.3) is 5.69 Å². The van der Waals surface area contributed by atoms with Gasteiger partial charge in [0.05, 0.1) is 11.9 Å². The number of hydrogen-bond acceptors (Lipinski definition) is 4. The van der Waals surface area contributed by atoms with Gasteiger partial charge in [0.25, 0.3) is 5.91 Å². The number of anilines is 1. The third-order valence-electron chi connectivity index (χ3n) is 3.88. The van der Waals surface area contributed by atoms with Gasteiger partial charge in [-0.15, -0.1) is 0 Å². The summed E-state index contributed by atoms with van der Waals surface area (Å²) in [5.74, 6) is -0.245. The van der Waals surface area contributed by atoms with Gasteiger partial charge in [0.15, 0.2) is 0 Å². The quantitative estimate of drug-likeness (QED) is 0.683. The van der Waals surface area contributed by atoms with Crippen molar-refractivity contribution < 1.29 is 14.3 Å². The van der Waals surface area contributed by atoms with Gasteiger partial charge in [-0.25, -0.2) is 9.48 Å². The maximum absolute atomic E-state index is 12.5. The molecule has 0 saturated heterocycles. The Hall–Kier alpha value is -3.61. The fourth-order valence-electron chi connectivity index (χ4n) is 2.62. The number of rotatable bonds is 5. The lowest BCUT2D eigenvalue weighted by Gasteiger charge is -2.19. The van der Waals surface area contributed by atoms with Crippen molar-refractivity contribution in [3.8, 4) is 5.69 Å². The Morgan fingerprint density at radius 1 is 1.07 bits per heavy atom. The zero-order valence-electron chi connectivity index (χ0n) is 16.7. The summed E-state index contributed by atoms with van der Waals surface area (Å²) in [6, 6.07) is 16.4. The molecular formula is C22H24N4O3. The third kappa shape index (κ3) is 5.93. The van der Waals surface area contributed by atoms with Crippen molar-refractivity contribution in [2.45, 2.75) is 32.9 Å². The highest BCUT2D eigenvalue weighted by Crippen LogP contribution is 2.14. The van der Waals surface area contributed by atoms with E-state index in [0.717, 1.165) is 11.3 Å². The van der Waals surface area contributed by atoms with Crippen molar-refractivity contribution in [3.05, 3.63) is 78.1 Å². The molecule has 2 N–H and O–H groups in total. The van der Waals surface area contributed by atoms with Crippen LogP contribution in [0.15, 0.2) is 67.0 Å². The predicted octanol–water partition coefficient (Wildman–Crippen LogP) is 4.15. The van der Waals surface area contributed by atoms with E-state index in [2.05, 4.69) is 15.7 Å². The molecule has 1 heterocycles. The summed E-state index contributed by atoms with van der Waals surface area (Å²) < 4.78 is 6.98. The van der Waals surface area contributed by atoms with Crippen LogP contribution in [0.1, 0.15) is 36.7 Å². The molecule has 2 aromatic carbocycles. The molecule has 0 spiro atoms. The SMILES string of the molecule is CC(C)(C)OC(=O)Nc1cccc(C(=O)NCc2cnn(-c3ccccc3)c2)c1. The maximum atomic E-state index is 12.5. The van der Waals surface area contributed by atoms with Gasteiger partial charge >= 0.3 is 6.09 Å². The lowest BCUT2D eigenvalue weighted by Crippen LogP contribution is -2.27. The molecule has 150 valence electrons. The Morgan fingerprint density at radius 3 is 2.55 bits per heavy atom. The van der Waals surface area contributed by atoms with Gasteiger partial charge in [-0.3, -0.25) is 10.1 Å². The average molecular weight is 392 g/mol. The monoisotopic (exact) mass is 392 g/mol. The fourth-order valence-corrected chi connectivity index (χ4v) is 2.62. The number of nitrogens with zero attached hydrogens (tertiary/aromatic N) is 2. The number of benzene rings is 2. The molecule has 7 nitrogen and oxygen atoms in total. The second-order valence-corrected chi connectivity index (χ2v) is 7.52. The van der Waals surface area contributed by atoms with E-state index in [1.807, 2.05) is 36.5 Å². The lowest BCUT2D eigenvalue weighted by atomic mass is 10.2. The maximum Gasteiger partial charge on any atom is 0.412 e. The van der Waals surface area contributed by atoms with Crippen LogP contribution in [-0.4, -0.2) is 27.4 Å². The van der Waals surface area contributed by atoms with Crippen molar-refractivity contribution in [1.29, 1.82) is 0 Å². The standard InChI is InChI=1S/C22H24N4O3/c1-22(2,3)29-21(28)25-18-9-7-8-17(12-18)20(27)23-13-16-14-24-26(15-16)19-10-5-4-6-11-19/h4-12,14-15H,13H2,1-3H3,(H,23,27)(H,25,28). The second kappa shape index (κ2) is 8.60. The molecule has 0 atom stereocenters. The molecule has 0 aliphatic heterocycles. The van der Waals surface area contributed by atoms with Crippen molar-refractivity contribution in [2.75, 3.05) is 5.32 Å². The smallest absolute Gasteiger partial charge is 0.412 e. The number of carbonyl (C=O) groups excluding carboxylic acids is 2. The van der Waals surface area contributed by atoms with Gasteiger partial charge < -0.3 is 10.1 Å². The van der Waals surface area contributed by atoms with Crippen LogP contribution in [0.2, 0.25) is 0 Å². The fraction of sp³-hybridized carbons (Fsp3) is 0.227. The first-order valence-electron chi connectivity index (χ1n) is 9.27. The molecule has 0 bridgehead atoms. The Kier molecular flexibility index (Phi) is 5.97. The van der Waals surface area contributed by atoms with Gasteiger partial charge in [0.2, 0.25) is 0 Å². The number of amides is 2. The summed E-state index contributed by atoms with van der Waals surface area (Å²) in [5, 5.41) is 9.81. The Labute approximate surface area is 169 Å². The first-order chi connectivity index (χ1) is 13.8. The van der Waals surface area contributed by atoms with Crippen molar-refractivity contribution in [2.24, 2.45) is 0 Å². The molecule has 0 fully saturated rings. The zero-order chi connectivity index (χ0) is 20.9. The van der Waals surface area contributed by atoms with Crippen molar-refractivity contribution >= 4 is 17.7 Å². The molecule has 0 unspecified atom stereocenters. The minimum Gasteiger partial charge on any atom is -0.444 e. The molecule has 3 rings (SSSR count). The number of aromatic nitrogens is 2. The molecule has 7 heteroatoms. The number of ether oxygens (including phenoxy) is 1. The van der Waals surface area contributed by atoms with Crippen molar-refractivity contribution in [1.82, 2.24) is 15.1 Å². The summed E-state index contributed by atoms with van der Waals surface area (Å²) in [6.45, 7) is 5.71. The lowest BCUT2D eigenvalue weighted by molar-refractivity contribution is 0.0635. The Bertz CT molecular complexity index is 991. The van der Waals surface area contributed by atoms with Crippen LogP contribution >= 0.6 is 0 Å². The van der Waals surface area contributed by atoms with Crippen LogP contribution in [-0.2, 0) is 11.3 Å². The molecule has 0 radical (unpaired) electrons. The highest BCUT2D eigenvalue weighted by atomic mass is 16.6.